The maximum Gasteiger partial charge on any atom is 0.225 e. The van der Waals surface area contributed by atoms with Crippen molar-refractivity contribution in [2.24, 2.45) is 13.0 Å². The van der Waals surface area contributed by atoms with Gasteiger partial charge in [0.15, 0.2) is 0 Å². The smallest absolute Gasteiger partial charge is 0.225 e. The predicted octanol–water partition coefficient (Wildman–Crippen LogP) is 2.28. The molecule has 1 aliphatic carbocycles. The first-order chi connectivity index (χ1) is 9.25. The molecule has 0 aromatic carbocycles. The van der Waals surface area contributed by atoms with Crippen LogP contribution in [0.1, 0.15) is 49.8 Å². The number of aromatic nitrogens is 2. The van der Waals surface area contributed by atoms with E-state index in [-0.39, 0.29) is 5.92 Å². The molecule has 2 aliphatic rings. The predicted molar refractivity (Wildman–Crippen MR) is 73.5 cm³/mol. The van der Waals surface area contributed by atoms with Crippen molar-refractivity contribution in [2.45, 2.75) is 51.5 Å². The van der Waals surface area contributed by atoms with Crippen LogP contribution in [0.25, 0.3) is 0 Å². The Bertz CT molecular complexity index is 460. The summed E-state index contributed by atoms with van der Waals surface area (Å²) in [6.45, 7) is 1.67. The van der Waals surface area contributed by atoms with Gasteiger partial charge in [0, 0.05) is 37.3 Å². The number of rotatable bonds is 1. The lowest BCUT2D eigenvalue weighted by atomic mass is 9.88. The Labute approximate surface area is 114 Å². The molecule has 1 aromatic heterocycles. The van der Waals surface area contributed by atoms with Gasteiger partial charge in [0.1, 0.15) is 0 Å². The van der Waals surface area contributed by atoms with E-state index in [0.29, 0.717) is 5.91 Å². The zero-order valence-electron chi connectivity index (χ0n) is 11.8. The maximum atomic E-state index is 12.6. The van der Waals surface area contributed by atoms with Crippen LogP contribution >= 0.6 is 0 Å². The molecule has 104 valence electrons. The quantitative estimate of drug-likeness (QED) is 0.778. The van der Waals surface area contributed by atoms with Crippen molar-refractivity contribution in [2.75, 3.05) is 6.54 Å². The van der Waals surface area contributed by atoms with Gasteiger partial charge in [0.25, 0.3) is 0 Å². The normalized spacial score (nSPS) is 21.0. The van der Waals surface area contributed by atoms with Crippen molar-refractivity contribution in [3.8, 4) is 0 Å². The summed E-state index contributed by atoms with van der Waals surface area (Å²) in [6, 6.07) is 0. The average Bonchev–Trinajstić information content (AvgIpc) is 2.67. The summed E-state index contributed by atoms with van der Waals surface area (Å²) >= 11 is 0. The highest BCUT2D eigenvalue weighted by atomic mass is 16.2. The van der Waals surface area contributed by atoms with Crippen LogP contribution in [0.2, 0.25) is 0 Å². The lowest BCUT2D eigenvalue weighted by molar-refractivity contribution is -0.137. The monoisotopic (exact) mass is 261 g/mol. The van der Waals surface area contributed by atoms with E-state index in [2.05, 4.69) is 10.00 Å². The topological polar surface area (TPSA) is 38.1 Å². The molecule has 0 unspecified atom stereocenters. The summed E-state index contributed by atoms with van der Waals surface area (Å²) in [4.78, 5) is 14.7. The molecule has 0 atom stereocenters. The number of aryl methyl sites for hydroxylation is 1. The molecule has 2 heterocycles. The number of amides is 1. The Hall–Kier alpha value is -1.32. The third-order valence-electron chi connectivity index (χ3n) is 4.62. The highest BCUT2D eigenvalue weighted by Gasteiger charge is 2.28. The third-order valence-corrected chi connectivity index (χ3v) is 4.62. The second-order valence-corrected chi connectivity index (χ2v) is 5.94. The number of fused-ring (bicyclic) bond motifs is 1. The summed E-state index contributed by atoms with van der Waals surface area (Å²) in [7, 11) is 2.00. The van der Waals surface area contributed by atoms with Crippen LogP contribution < -0.4 is 0 Å². The highest BCUT2D eigenvalue weighted by Crippen LogP contribution is 2.27. The SMILES string of the molecule is Cn1ncc2c1CCCN(C(=O)C1CCCCC1)C2. The number of hydrogen-bond donors (Lipinski definition) is 0. The van der Waals surface area contributed by atoms with Crippen molar-refractivity contribution < 1.29 is 4.79 Å². The van der Waals surface area contributed by atoms with Crippen molar-refractivity contribution in [3.05, 3.63) is 17.5 Å². The van der Waals surface area contributed by atoms with E-state index in [9.17, 15) is 4.79 Å². The average molecular weight is 261 g/mol. The van der Waals surface area contributed by atoms with Gasteiger partial charge in [-0.25, -0.2) is 0 Å². The molecule has 0 N–H and O–H groups in total. The van der Waals surface area contributed by atoms with Gasteiger partial charge in [-0.15, -0.1) is 0 Å². The van der Waals surface area contributed by atoms with Gasteiger partial charge < -0.3 is 4.90 Å². The molecule has 3 rings (SSSR count). The van der Waals surface area contributed by atoms with Crippen molar-refractivity contribution in [1.29, 1.82) is 0 Å². The third kappa shape index (κ3) is 2.53. The molecule has 1 saturated carbocycles. The van der Waals surface area contributed by atoms with Gasteiger partial charge >= 0.3 is 0 Å². The molecule has 1 amide bonds. The largest absolute Gasteiger partial charge is 0.338 e. The fourth-order valence-electron chi connectivity index (χ4n) is 3.48. The second-order valence-electron chi connectivity index (χ2n) is 5.94. The van der Waals surface area contributed by atoms with Crippen LogP contribution in [0.3, 0.4) is 0 Å². The Balaban J connectivity index is 1.73. The Morgan fingerprint density at radius 1 is 1.26 bits per heavy atom. The molecule has 0 spiro atoms. The summed E-state index contributed by atoms with van der Waals surface area (Å²) in [5.41, 5.74) is 2.54. The number of nitrogens with zero attached hydrogens (tertiary/aromatic N) is 3. The minimum Gasteiger partial charge on any atom is -0.338 e. The molecule has 1 fully saturated rings. The molecule has 19 heavy (non-hydrogen) atoms. The first kappa shape index (κ1) is 12.7. The minimum absolute atomic E-state index is 0.284. The van der Waals surface area contributed by atoms with E-state index >= 15 is 0 Å². The molecule has 1 aromatic rings. The van der Waals surface area contributed by atoms with Gasteiger partial charge in [0.2, 0.25) is 5.91 Å². The molecular weight excluding hydrogens is 238 g/mol. The minimum atomic E-state index is 0.284. The Morgan fingerprint density at radius 3 is 2.84 bits per heavy atom. The fraction of sp³-hybridized carbons (Fsp3) is 0.733. The summed E-state index contributed by atoms with van der Waals surface area (Å²) in [6.07, 6.45) is 9.97. The van der Waals surface area contributed by atoms with E-state index in [1.54, 1.807) is 0 Å². The van der Waals surface area contributed by atoms with Crippen LogP contribution in [0.5, 0.6) is 0 Å². The first-order valence-electron chi connectivity index (χ1n) is 7.54. The molecule has 0 saturated heterocycles. The number of carbonyl (C=O) groups is 1. The van der Waals surface area contributed by atoms with E-state index in [1.807, 2.05) is 17.9 Å². The van der Waals surface area contributed by atoms with Gasteiger partial charge in [-0.05, 0) is 25.7 Å². The highest BCUT2D eigenvalue weighted by molar-refractivity contribution is 5.79. The lowest BCUT2D eigenvalue weighted by Crippen LogP contribution is -2.36. The summed E-state index contributed by atoms with van der Waals surface area (Å²) in [5.74, 6) is 0.670. The standard InChI is InChI=1S/C15H23N3O/c1-17-14-8-5-9-18(11-13(14)10-16-17)15(19)12-6-3-2-4-7-12/h10,12H,2-9,11H2,1H3. The van der Waals surface area contributed by atoms with Crippen LogP contribution in [-0.4, -0.2) is 27.1 Å². The molecule has 0 bridgehead atoms. The van der Waals surface area contributed by atoms with E-state index in [0.717, 1.165) is 38.8 Å². The van der Waals surface area contributed by atoms with E-state index in [1.165, 1.54) is 30.5 Å². The van der Waals surface area contributed by atoms with E-state index < -0.39 is 0 Å². The first-order valence-corrected chi connectivity index (χ1v) is 7.54. The second kappa shape index (κ2) is 5.35. The van der Waals surface area contributed by atoms with E-state index in [4.69, 9.17) is 0 Å². The van der Waals surface area contributed by atoms with Crippen molar-refractivity contribution in [3.63, 3.8) is 0 Å². The van der Waals surface area contributed by atoms with Gasteiger partial charge in [0.05, 0.1) is 6.20 Å². The summed E-state index contributed by atoms with van der Waals surface area (Å²) < 4.78 is 1.96. The van der Waals surface area contributed by atoms with Gasteiger partial charge in [-0.2, -0.15) is 5.10 Å². The zero-order valence-corrected chi connectivity index (χ0v) is 11.8. The van der Waals surface area contributed by atoms with Crippen LogP contribution in [0.15, 0.2) is 6.20 Å². The number of hydrogen-bond acceptors (Lipinski definition) is 2. The summed E-state index contributed by atoms with van der Waals surface area (Å²) in [5, 5.41) is 4.32. The van der Waals surface area contributed by atoms with Crippen LogP contribution in [0.4, 0.5) is 0 Å². The number of carbonyl (C=O) groups excluding carboxylic acids is 1. The van der Waals surface area contributed by atoms with Crippen LogP contribution in [0, 0.1) is 5.92 Å². The lowest BCUT2D eigenvalue weighted by Gasteiger charge is -2.28. The Kier molecular flexibility index (Phi) is 3.58. The van der Waals surface area contributed by atoms with Crippen molar-refractivity contribution in [1.82, 2.24) is 14.7 Å². The molecule has 1 aliphatic heterocycles. The molecule has 4 heteroatoms. The molecule has 4 nitrogen and oxygen atoms in total. The molecule has 0 radical (unpaired) electrons. The molecular formula is C15H23N3O. The zero-order chi connectivity index (χ0) is 13.2. The van der Waals surface area contributed by atoms with Crippen molar-refractivity contribution >= 4 is 5.91 Å². The maximum absolute atomic E-state index is 12.6. The fourth-order valence-corrected chi connectivity index (χ4v) is 3.48. The Morgan fingerprint density at radius 2 is 2.05 bits per heavy atom. The van der Waals surface area contributed by atoms with Gasteiger partial charge in [-0.3, -0.25) is 9.48 Å². The van der Waals surface area contributed by atoms with Gasteiger partial charge in [-0.1, -0.05) is 19.3 Å². The van der Waals surface area contributed by atoms with Crippen LogP contribution in [-0.2, 0) is 24.8 Å².